The van der Waals surface area contributed by atoms with Gasteiger partial charge in [-0.25, -0.2) is 18.1 Å². The fourth-order valence-electron chi connectivity index (χ4n) is 4.96. The molecule has 10 nitrogen and oxygen atoms in total. The van der Waals surface area contributed by atoms with Gasteiger partial charge in [-0.05, 0) is 49.6 Å². The van der Waals surface area contributed by atoms with E-state index in [0.717, 1.165) is 37.4 Å². The molecule has 0 saturated carbocycles. The summed E-state index contributed by atoms with van der Waals surface area (Å²) in [5.74, 6) is 0.638. The van der Waals surface area contributed by atoms with Gasteiger partial charge in [-0.3, -0.25) is 4.79 Å². The normalized spacial score (nSPS) is 19.9. The molecular weight excluding hydrogens is 466 g/mol. The minimum absolute atomic E-state index is 0.0449. The van der Waals surface area contributed by atoms with Gasteiger partial charge in [0.15, 0.2) is 0 Å². The molecule has 2 aromatic heterocycles. The Kier molecular flexibility index (Phi) is 6.70. The smallest absolute Gasteiger partial charge is 0.243 e. The molecule has 0 radical (unpaired) electrons. The van der Waals surface area contributed by atoms with E-state index in [1.54, 1.807) is 29.1 Å². The number of piperazine rings is 1. The summed E-state index contributed by atoms with van der Waals surface area (Å²) in [7, 11) is -3.73. The number of aryl methyl sites for hydroxylation is 1. The van der Waals surface area contributed by atoms with Gasteiger partial charge in [0.2, 0.25) is 15.9 Å². The summed E-state index contributed by atoms with van der Waals surface area (Å²) in [5, 5.41) is 8.28. The summed E-state index contributed by atoms with van der Waals surface area (Å²) in [6.45, 7) is 6.08. The van der Waals surface area contributed by atoms with Crippen LogP contribution >= 0.6 is 0 Å². The van der Waals surface area contributed by atoms with Crippen LogP contribution in [0.3, 0.4) is 0 Å². The lowest BCUT2D eigenvalue weighted by Crippen LogP contribution is -2.53. The van der Waals surface area contributed by atoms with Gasteiger partial charge < -0.3 is 9.80 Å². The summed E-state index contributed by atoms with van der Waals surface area (Å²) in [5.41, 5.74) is 1.39. The number of nitrogens with zero attached hydrogens (tertiary/aromatic N) is 7. The Hall–Kier alpha value is -3.05. The van der Waals surface area contributed by atoms with Gasteiger partial charge in [0, 0.05) is 52.0 Å². The Morgan fingerprint density at radius 2 is 1.91 bits per heavy atom. The fraction of sp³-hybridized carbons (Fsp3) is 0.500. The number of pyridine rings is 1. The van der Waals surface area contributed by atoms with E-state index in [4.69, 9.17) is 0 Å². The molecule has 2 saturated heterocycles. The number of hydrogen-bond acceptors (Lipinski definition) is 7. The molecule has 1 aromatic carbocycles. The van der Waals surface area contributed by atoms with E-state index in [9.17, 15) is 13.2 Å². The fourth-order valence-corrected chi connectivity index (χ4v) is 6.50. The molecule has 2 fully saturated rings. The molecule has 4 heterocycles. The second-order valence-electron chi connectivity index (χ2n) is 9.17. The van der Waals surface area contributed by atoms with E-state index < -0.39 is 10.0 Å². The summed E-state index contributed by atoms with van der Waals surface area (Å²) >= 11 is 0. The van der Waals surface area contributed by atoms with Crippen LogP contribution in [-0.2, 0) is 21.4 Å². The molecule has 2 aliphatic heterocycles. The average molecular weight is 498 g/mol. The molecule has 1 unspecified atom stereocenters. The lowest BCUT2D eigenvalue weighted by molar-refractivity contribution is -0.137. The number of hydrogen-bond donors (Lipinski definition) is 0. The van der Waals surface area contributed by atoms with Crippen molar-refractivity contribution in [2.24, 2.45) is 5.92 Å². The Morgan fingerprint density at radius 3 is 2.66 bits per heavy atom. The number of carbonyl (C=O) groups is 1. The molecule has 11 heteroatoms. The van der Waals surface area contributed by atoms with E-state index in [0.29, 0.717) is 38.0 Å². The zero-order chi connectivity index (χ0) is 24.4. The van der Waals surface area contributed by atoms with Crippen molar-refractivity contribution in [1.82, 2.24) is 29.2 Å². The first-order chi connectivity index (χ1) is 17.0. The maximum atomic E-state index is 13.4. The van der Waals surface area contributed by atoms with Gasteiger partial charge in [0.1, 0.15) is 11.3 Å². The molecule has 0 spiro atoms. The minimum atomic E-state index is -3.73. The van der Waals surface area contributed by atoms with Crippen molar-refractivity contribution < 1.29 is 13.2 Å². The maximum Gasteiger partial charge on any atom is 0.243 e. The number of anilines is 1. The van der Waals surface area contributed by atoms with Gasteiger partial charge >= 0.3 is 0 Å². The molecule has 35 heavy (non-hydrogen) atoms. The highest BCUT2D eigenvalue weighted by molar-refractivity contribution is 7.89. The first-order valence-electron chi connectivity index (χ1n) is 12.3. The Morgan fingerprint density at radius 1 is 1.09 bits per heavy atom. The highest BCUT2D eigenvalue weighted by atomic mass is 32.2. The van der Waals surface area contributed by atoms with Crippen LogP contribution < -0.4 is 4.90 Å². The third kappa shape index (κ3) is 4.74. The Bertz CT molecular complexity index is 1290. The third-order valence-electron chi connectivity index (χ3n) is 6.86. The predicted molar refractivity (Wildman–Crippen MR) is 132 cm³/mol. The molecule has 0 aliphatic carbocycles. The van der Waals surface area contributed by atoms with E-state index in [1.165, 1.54) is 4.31 Å². The van der Waals surface area contributed by atoms with Gasteiger partial charge in [-0.15, -0.1) is 5.10 Å². The lowest BCUT2D eigenvalue weighted by Gasteiger charge is -2.39. The summed E-state index contributed by atoms with van der Waals surface area (Å²) in [6.07, 6.45) is 4.06. The van der Waals surface area contributed by atoms with E-state index in [2.05, 4.69) is 27.1 Å². The van der Waals surface area contributed by atoms with E-state index >= 15 is 0 Å². The maximum absolute atomic E-state index is 13.4. The van der Waals surface area contributed by atoms with Crippen molar-refractivity contribution in [3.63, 3.8) is 0 Å². The summed E-state index contributed by atoms with van der Waals surface area (Å²) < 4.78 is 30.1. The van der Waals surface area contributed by atoms with Crippen molar-refractivity contribution in [3.8, 4) is 0 Å². The van der Waals surface area contributed by atoms with Crippen LogP contribution in [0.4, 0.5) is 5.82 Å². The number of carbonyl (C=O) groups excluding carboxylic acids is 1. The van der Waals surface area contributed by atoms with Gasteiger partial charge in [0.05, 0.1) is 16.3 Å². The standard InChI is InChI=1S/C24H31N7O3S/c1-2-11-31-22-9-8-20(17-21(22)26-27-31)35(33,34)30-12-5-6-19(18-30)24(32)29-15-13-28(14-16-29)23-7-3-4-10-25-23/h3-4,7-10,17,19H,2,5-6,11-16,18H2,1H3. The number of sulfonamides is 1. The Balaban J connectivity index is 1.25. The molecule has 3 aromatic rings. The number of rotatable bonds is 6. The van der Waals surface area contributed by atoms with Crippen LogP contribution in [0.15, 0.2) is 47.5 Å². The molecule has 1 amide bonds. The SMILES string of the molecule is CCCn1nnc2cc(S(=O)(=O)N3CCCC(C(=O)N4CCN(c5ccccn5)CC4)C3)ccc21. The van der Waals surface area contributed by atoms with Crippen molar-refractivity contribution in [2.45, 2.75) is 37.6 Å². The second-order valence-corrected chi connectivity index (χ2v) is 11.1. The molecule has 5 rings (SSSR count). The van der Waals surface area contributed by atoms with Crippen molar-refractivity contribution >= 4 is 32.8 Å². The van der Waals surface area contributed by atoms with E-state index in [1.807, 2.05) is 23.1 Å². The van der Waals surface area contributed by atoms with Crippen LogP contribution in [0.2, 0.25) is 0 Å². The van der Waals surface area contributed by atoms with Crippen LogP contribution in [0.5, 0.6) is 0 Å². The molecule has 0 bridgehead atoms. The van der Waals surface area contributed by atoms with E-state index in [-0.39, 0.29) is 23.3 Å². The molecule has 1 atom stereocenters. The second kappa shape index (κ2) is 9.90. The average Bonchev–Trinajstić information content (AvgIpc) is 3.31. The lowest BCUT2D eigenvalue weighted by atomic mass is 9.98. The minimum Gasteiger partial charge on any atom is -0.353 e. The molecule has 2 aliphatic rings. The van der Waals surface area contributed by atoms with Crippen molar-refractivity contribution in [1.29, 1.82) is 0 Å². The Labute approximate surface area is 205 Å². The topological polar surface area (TPSA) is 105 Å². The number of amides is 1. The van der Waals surface area contributed by atoms with Gasteiger partial charge in [0.25, 0.3) is 0 Å². The van der Waals surface area contributed by atoms with Crippen LogP contribution in [0.1, 0.15) is 26.2 Å². The highest BCUT2D eigenvalue weighted by Crippen LogP contribution is 2.27. The third-order valence-corrected chi connectivity index (χ3v) is 8.72. The monoisotopic (exact) mass is 497 g/mol. The zero-order valence-electron chi connectivity index (χ0n) is 20.0. The predicted octanol–water partition coefficient (Wildman–Crippen LogP) is 1.99. The zero-order valence-corrected chi connectivity index (χ0v) is 20.8. The summed E-state index contributed by atoms with van der Waals surface area (Å²) in [6, 6.07) is 10.8. The van der Waals surface area contributed by atoms with Crippen LogP contribution in [-0.4, -0.2) is 82.8 Å². The highest BCUT2D eigenvalue weighted by Gasteiger charge is 2.36. The van der Waals surface area contributed by atoms with Crippen LogP contribution in [0.25, 0.3) is 11.0 Å². The number of benzene rings is 1. The number of aromatic nitrogens is 4. The van der Waals surface area contributed by atoms with Crippen molar-refractivity contribution in [3.05, 3.63) is 42.6 Å². The molecular formula is C24H31N7O3S. The first-order valence-corrected chi connectivity index (χ1v) is 13.7. The quantitative estimate of drug-likeness (QED) is 0.513. The summed E-state index contributed by atoms with van der Waals surface area (Å²) in [4.78, 5) is 21.9. The molecule has 186 valence electrons. The van der Waals surface area contributed by atoms with Gasteiger partial charge in [-0.1, -0.05) is 18.2 Å². The van der Waals surface area contributed by atoms with Gasteiger partial charge in [-0.2, -0.15) is 4.31 Å². The molecule has 0 N–H and O–H groups in total. The number of piperidine rings is 1. The van der Waals surface area contributed by atoms with Crippen molar-refractivity contribution in [2.75, 3.05) is 44.2 Å². The largest absolute Gasteiger partial charge is 0.353 e. The number of fused-ring (bicyclic) bond motifs is 1. The first kappa shape index (κ1) is 23.7. The van der Waals surface area contributed by atoms with Crippen LogP contribution in [0, 0.1) is 5.92 Å².